The minimum atomic E-state index is -3.90. The smallest absolute Gasteiger partial charge is 0.275 e. The van der Waals surface area contributed by atoms with Gasteiger partial charge in [0.25, 0.3) is 15.6 Å². The van der Waals surface area contributed by atoms with Crippen molar-refractivity contribution >= 4 is 21.6 Å². The molecule has 0 aliphatic heterocycles. The topological polar surface area (TPSA) is 97.3 Å². The summed E-state index contributed by atoms with van der Waals surface area (Å²) in [5, 5.41) is 2.76. The van der Waals surface area contributed by atoms with E-state index in [-0.39, 0.29) is 23.0 Å². The number of nitrogens with one attached hydrogen (secondary N) is 2. The van der Waals surface area contributed by atoms with Gasteiger partial charge in [-0.2, -0.15) is 0 Å². The van der Waals surface area contributed by atoms with Crippen molar-refractivity contribution in [3.63, 3.8) is 0 Å². The molecular formula is C21H21N3O4S. The van der Waals surface area contributed by atoms with Crippen LogP contribution < -0.4 is 15.6 Å². The van der Waals surface area contributed by atoms with Crippen LogP contribution in [0, 0.1) is 6.92 Å². The number of rotatable bonds is 7. The van der Waals surface area contributed by atoms with Crippen LogP contribution in [0.25, 0.3) is 0 Å². The molecular weight excluding hydrogens is 390 g/mol. The summed E-state index contributed by atoms with van der Waals surface area (Å²) >= 11 is 0. The summed E-state index contributed by atoms with van der Waals surface area (Å²) in [4.78, 5) is 25.1. The highest BCUT2D eigenvalue weighted by Gasteiger charge is 2.17. The number of nitrogens with zero attached hydrogens (tertiary/aromatic N) is 1. The second-order valence-corrected chi connectivity index (χ2v) is 8.14. The third kappa shape index (κ3) is 5.11. The molecule has 0 saturated heterocycles. The minimum Gasteiger partial charge on any atom is -0.350 e. The number of pyridine rings is 1. The van der Waals surface area contributed by atoms with E-state index in [1.807, 2.05) is 30.3 Å². The molecule has 0 unspecified atom stereocenters. The Kier molecular flexibility index (Phi) is 6.13. The van der Waals surface area contributed by atoms with Crippen LogP contribution in [0.2, 0.25) is 0 Å². The van der Waals surface area contributed by atoms with Gasteiger partial charge in [-0.1, -0.05) is 48.5 Å². The molecule has 2 aromatic carbocycles. The number of hydrogen-bond acceptors (Lipinski definition) is 4. The lowest BCUT2D eigenvalue weighted by Gasteiger charge is -2.13. The van der Waals surface area contributed by atoms with Crippen molar-refractivity contribution in [2.45, 2.75) is 24.9 Å². The highest BCUT2D eigenvalue weighted by atomic mass is 32.2. The Balaban J connectivity index is 1.77. The van der Waals surface area contributed by atoms with Crippen LogP contribution in [0.3, 0.4) is 0 Å². The van der Waals surface area contributed by atoms with Gasteiger partial charge >= 0.3 is 0 Å². The Morgan fingerprint density at radius 1 is 0.931 bits per heavy atom. The molecule has 0 atom stereocenters. The van der Waals surface area contributed by atoms with Gasteiger partial charge in [0.1, 0.15) is 12.2 Å². The predicted octanol–water partition coefficient (Wildman–Crippen LogP) is 2.27. The highest BCUT2D eigenvalue weighted by molar-refractivity contribution is 7.92. The molecule has 0 aliphatic carbocycles. The van der Waals surface area contributed by atoms with Crippen molar-refractivity contribution in [2.75, 3.05) is 4.72 Å². The zero-order valence-corrected chi connectivity index (χ0v) is 16.6. The SMILES string of the molecule is Cc1ccc(NS(=O)(=O)c2ccccc2)c(=O)n1CC(=O)NCc1ccccc1. The monoisotopic (exact) mass is 411 g/mol. The fourth-order valence-corrected chi connectivity index (χ4v) is 3.82. The van der Waals surface area contributed by atoms with Crippen molar-refractivity contribution in [2.24, 2.45) is 0 Å². The lowest BCUT2D eigenvalue weighted by Crippen LogP contribution is -2.34. The first-order valence-corrected chi connectivity index (χ1v) is 10.4. The van der Waals surface area contributed by atoms with Crippen LogP contribution >= 0.6 is 0 Å². The van der Waals surface area contributed by atoms with E-state index < -0.39 is 15.6 Å². The quantitative estimate of drug-likeness (QED) is 0.623. The lowest BCUT2D eigenvalue weighted by atomic mass is 10.2. The molecule has 150 valence electrons. The van der Waals surface area contributed by atoms with Crippen LogP contribution in [-0.4, -0.2) is 18.9 Å². The predicted molar refractivity (Wildman–Crippen MR) is 111 cm³/mol. The molecule has 0 aliphatic rings. The van der Waals surface area contributed by atoms with Crippen LogP contribution in [0.1, 0.15) is 11.3 Å². The molecule has 1 heterocycles. The fourth-order valence-electron chi connectivity index (χ4n) is 2.74. The van der Waals surface area contributed by atoms with E-state index in [0.717, 1.165) is 5.56 Å². The molecule has 0 bridgehead atoms. The van der Waals surface area contributed by atoms with E-state index in [1.165, 1.54) is 22.8 Å². The van der Waals surface area contributed by atoms with Crippen molar-refractivity contribution in [1.29, 1.82) is 0 Å². The number of aryl methyl sites for hydroxylation is 1. The van der Waals surface area contributed by atoms with Gasteiger partial charge < -0.3 is 9.88 Å². The van der Waals surface area contributed by atoms with Crippen molar-refractivity contribution in [1.82, 2.24) is 9.88 Å². The number of amides is 1. The first-order chi connectivity index (χ1) is 13.9. The average Bonchev–Trinajstić information content (AvgIpc) is 2.73. The van der Waals surface area contributed by atoms with E-state index in [4.69, 9.17) is 0 Å². The van der Waals surface area contributed by atoms with Crippen molar-refractivity contribution in [3.05, 3.63) is 94.4 Å². The number of sulfonamides is 1. The summed E-state index contributed by atoms with van der Waals surface area (Å²) in [5.41, 5.74) is 0.788. The molecule has 0 saturated carbocycles. The largest absolute Gasteiger partial charge is 0.350 e. The molecule has 0 fully saturated rings. The summed E-state index contributed by atoms with van der Waals surface area (Å²) in [6.45, 7) is 1.81. The summed E-state index contributed by atoms with van der Waals surface area (Å²) in [7, 11) is -3.90. The van der Waals surface area contributed by atoms with E-state index in [0.29, 0.717) is 12.2 Å². The van der Waals surface area contributed by atoms with Gasteiger partial charge in [-0.05, 0) is 36.8 Å². The zero-order chi connectivity index (χ0) is 20.9. The van der Waals surface area contributed by atoms with Gasteiger partial charge in [-0.25, -0.2) is 8.42 Å². The van der Waals surface area contributed by atoms with E-state index in [1.54, 1.807) is 31.2 Å². The maximum atomic E-state index is 12.8. The van der Waals surface area contributed by atoms with Gasteiger partial charge in [0.05, 0.1) is 4.90 Å². The van der Waals surface area contributed by atoms with Crippen molar-refractivity contribution in [3.8, 4) is 0 Å². The van der Waals surface area contributed by atoms with Gasteiger partial charge in [0, 0.05) is 12.2 Å². The second kappa shape index (κ2) is 8.74. The first kappa shape index (κ1) is 20.3. The first-order valence-electron chi connectivity index (χ1n) is 8.96. The number of hydrogen-bond donors (Lipinski definition) is 2. The van der Waals surface area contributed by atoms with Crippen LogP contribution in [-0.2, 0) is 27.9 Å². The van der Waals surface area contributed by atoms with Gasteiger partial charge in [0.15, 0.2) is 0 Å². The van der Waals surface area contributed by atoms with E-state index in [9.17, 15) is 18.0 Å². The number of carbonyl (C=O) groups is 1. The lowest BCUT2D eigenvalue weighted by molar-refractivity contribution is -0.121. The summed E-state index contributed by atoms with van der Waals surface area (Å²) < 4.78 is 28.5. The number of aromatic nitrogens is 1. The van der Waals surface area contributed by atoms with E-state index in [2.05, 4.69) is 10.0 Å². The molecule has 2 N–H and O–H groups in total. The Labute approximate surface area is 169 Å². The molecule has 0 radical (unpaired) electrons. The third-order valence-corrected chi connectivity index (χ3v) is 5.71. The highest BCUT2D eigenvalue weighted by Crippen LogP contribution is 2.13. The number of benzene rings is 2. The standard InChI is InChI=1S/C21H21N3O4S/c1-16-12-13-19(23-29(27,28)18-10-6-3-7-11-18)21(26)24(16)15-20(25)22-14-17-8-4-2-5-9-17/h2-13,23H,14-15H2,1H3,(H,22,25). The molecule has 29 heavy (non-hydrogen) atoms. The molecule has 3 rings (SSSR count). The third-order valence-electron chi connectivity index (χ3n) is 4.32. The number of carbonyl (C=O) groups excluding carboxylic acids is 1. The maximum absolute atomic E-state index is 12.8. The molecule has 0 spiro atoms. The minimum absolute atomic E-state index is 0.0483. The Bertz CT molecular complexity index is 1160. The van der Waals surface area contributed by atoms with Gasteiger partial charge in [0.2, 0.25) is 5.91 Å². The maximum Gasteiger partial charge on any atom is 0.275 e. The molecule has 3 aromatic rings. The summed E-state index contributed by atoms with van der Waals surface area (Å²) in [5.74, 6) is -0.345. The molecule has 7 nitrogen and oxygen atoms in total. The normalized spacial score (nSPS) is 11.1. The fraction of sp³-hybridized carbons (Fsp3) is 0.143. The Morgan fingerprint density at radius 3 is 2.21 bits per heavy atom. The van der Waals surface area contributed by atoms with Crippen molar-refractivity contribution < 1.29 is 13.2 Å². The molecule has 1 amide bonds. The molecule has 1 aromatic heterocycles. The second-order valence-electron chi connectivity index (χ2n) is 6.46. The van der Waals surface area contributed by atoms with E-state index >= 15 is 0 Å². The summed E-state index contributed by atoms with van der Waals surface area (Å²) in [6, 6.07) is 20.2. The Hall–Kier alpha value is -3.39. The zero-order valence-electron chi connectivity index (χ0n) is 15.8. The van der Waals surface area contributed by atoms with Gasteiger partial charge in [-0.3, -0.25) is 14.3 Å². The average molecular weight is 411 g/mol. The van der Waals surface area contributed by atoms with Gasteiger partial charge in [-0.15, -0.1) is 0 Å². The number of anilines is 1. The van der Waals surface area contributed by atoms with Crippen LogP contribution in [0.5, 0.6) is 0 Å². The van der Waals surface area contributed by atoms with Crippen LogP contribution in [0.4, 0.5) is 5.69 Å². The Morgan fingerprint density at radius 2 is 1.55 bits per heavy atom. The van der Waals surface area contributed by atoms with Crippen LogP contribution in [0.15, 0.2) is 82.5 Å². The molecule has 8 heteroatoms. The summed E-state index contributed by atoms with van der Waals surface area (Å²) in [6.07, 6.45) is 0.